The SMILES string of the molecule is Cc1cc(Br)c2cc(C3CCOCC3)c(C#N)nc2c1. The van der Waals surface area contributed by atoms with Gasteiger partial charge in [-0.3, -0.25) is 0 Å². The average molecular weight is 331 g/mol. The third kappa shape index (κ3) is 2.44. The summed E-state index contributed by atoms with van der Waals surface area (Å²) in [4.78, 5) is 4.56. The summed E-state index contributed by atoms with van der Waals surface area (Å²) in [6.07, 6.45) is 1.93. The summed E-state index contributed by atoms with van der Waals surface area (Å²) in [6, 6.07) is 8.49. The van der Waals surface area contributed by atoms with Gasteiger partial charge in [-0.25, -0.2) is 4.98 Å². The topological polar surface area (TPSA) is 45.9 Å². The Kier molecular flexibility index (Phi) is 3.73. The van der Waals surface area contributed by atoms with Gasteiger partial charge in [0.1, 0.15) is 11.8 Å². The van der Waals surface area contributed by atoms with Gasteiger partial charge in [-0.05, 0) is 55.0 Å². The third-order valence-electron chi connectivity index (χ3n) is 3.82. The van der Waals surface area contributed by atoms with E-state index in [1.54, 1.807) is 0 Å². The summed E-state index contributed by atoms with van der Waals surface area (Å²) in [5, 5.41) is 10.5. The molecule has 1 aromatic heterocycles. The maximum absolute atomic E-state index is 9.39. The monoisotopic (exact) mass is 330 g/mol. The van der Waals surface area contributed by atoms with Crippen molar-refractivity contribution in [3.63, 3.8) is 0 Å². The van der Waals surface area contributed by atoms with Crippen LogP contribution in [-0.4, -0.2) is 18.2 Å². The highest BCUT2D eigenvalue weighted by Crippen LogP contribution is 2.33. The van der Waals surface area contributed by atoms with Gasteiger partial charge in [0.05, 0.1) is 5.52 Å². The summed E-state index contributed by atoms with van der Waals surface area (Å²) < 4.78 is 6.45. The fourth-order valence-corrected chi connectivity index (χ4v) is 3.47. The number of hydrogen-bond donors (Lipinski definition) is 0. The average Bonchev–Trinajstić information content (AvgIpc) is 2.46. The van der Waals surface area contributed by atoms with Crippen LogP contribution in [0.15, 0.2) is 22.7 Å². The van der Waals surface area contributed by atoms with Crippen LogP contribution in [0, 0.1) is 18.3 Å². The summed E-state index contributed by atoms with van der Waals surface area (Å²) in [6.45, 7) is 3.57. The lowest BCUT2D eigenvalue weighted by molar-refractivity contribution is 0.0852. The van der Waals surface area contributed by atoms with Gasteiger partial charge < -0.3 is 4.74 Å². The smallest absolute Gasteiger partial charge is 0.144 e. The number of pyridine rings is 1. The third-order valence-corrected chi connectivity index (χ3v) is 4.48. The van der Waals surface area contributed by atoms with E-state index in [9.17, 15) is 5.26 Å². The molecule has 2 heterocycles. The minimum atomic E-state index is 0.378. The van der Waals surface area contributed by atoms with E-state index in [-0.39, 0.29) is 0 Å². The summed E-state index contributed by atoms with van der Waals surface area (Å²) in [7, 11) is 0. The molecule has 2 aromatic rings. The highest BCUT2D eigenvalue weighted by atomic mass is 79.9. The lowest BCUT2D eigenvalue weighted by atomic mass is 9.89. The van der Waals surface area contributed by atoms with Gasteiger partial charge in [0.15, 0.2) is 0 Å². The number of rotatable bonds is 1. The molecule has 0 aliphatic carbocycles. The molecule has 0 radical (unpaired) electrons. The molecule has 1 saturated heterocycles. The van der Waals surface area contributed by atoms with Crippen molar-refractivity contribution in [2.75, 3.05) is 13.2 Å². The lowest BCUT2D eigenvalue weighted by Crippen LogP contribution is -2.15. The van der Waals surface area contributed by atoms with Gasteiger partial charge in [-0.1, -0.05) is 15.9 Å². The number of ether oxygens (including phenoxy) is 1. The molecule has 0 spiro atoms. The lowest BCUT2D eigenvalue weighted by Gasteiger charge is -2.23. The highest BCUT2D eigenvalue weighted by Gasteiger charge is 2.21. The molecule has 3 nitrogen and oxygen atoms in total. The first-order valence-corrected chi connectivity index (χ1v) is 7.57. The van der Waals surface area contributed by atoms with Gasteiger partial charge in [0.25, 0.3) is 0 Å². The Morgan fingerprint density at radius 3 is 2.75 bits per heavy atom. The second kappa shape index (κ2) is 5.51. The van der Waals surface area contributed by atoms with Gasteiger partial charge >= 0.3 is 0 Å². The van der Waals surface area contributed by atoms with Crippen molar-refractivity contribution < 1.29 is 4.74 Å². The maximum Gasteiger partial charge on any atom is 0.144 e. The van der Waals surface area contributed by atoms with Crippen LogP contribution in [-0.2, 0) is 4.74 Å². The Labute approximate surface area is 126 Å². The molecule has 20 heavy (non-hydrogen) atoms. The fraction of sp³-hybridized carbons (Fsp3) is 0.375. The molecule has 0 amide bonds. The Morgan fingerprint density at radius 2 is 2.05 bits per heavy atom. The van der Waals surface area contributed by atoms with Crippen LogP contribution < -0.4 is 0 Å². The van der Waals surface area contributed by atoms with E-state index in [2.05, 4.69) is 39.1 Å². The van der Waals surface area contributed by atoms with Crippen LogP contribution >= 0.6 is 15.9 Å². The number of aryl methyl sites for hydroxylation is 1. The standard InChI is InChI=1S/C16H15BrN2O/c1-10-6-14(17)13-8-12(11-2-4-20-5-3-11)16(9-18)19-15(13)7-10/h6-8,11H,2-5H2,1H3. The first kappa shape index (κ1) is 13.5. The number of fused-ring (bicyclic) bond motifs is 1. The Balaban J connectivity index is 2.18. The van der Waals surface area contributed by atoms with Crippen molar-refractivity contribution in [2.45, 2.75) is 25.7 Å². The second-order valence-electron chi connectivity index (χ2n) is 5.24. The zero-order chi connectivity index (χ0) is 14.1. The number of halogens is 1. The number of aromatic nitrogens is 1. The molecule has 4 heteroatoms. The van der Waals surface area contributed by atoms with Gasteiger partial charge in [0, 0.05) is 23.1 Å². The molecule has 1 aliphatic heterocycles. The minimum Gasteiger partial charge on any atom is -0.381 e. The van der Waals surface area contributed by atoms with Crippen molar-refractivity contribution in [1.82, 2.24) is 4.98 Å². The van der Waals surface area contributed by atoms with Crippen LogP contribution in [0.2, 0.25) is 0 Å². The summed E-state index contributed by atoms with van der Waals surface area (Å²) >= 11 is 3.60. The molecular weight excluding hydrogens is 316 g/mol. The van der Waals surface area contributed by atoms with Gasteiger partial charge in [-0.15, -0.1) is 0 Å². The predicted molar refractivity (Wildman–Crippen MR) is 81.7 cm³/mol. The molecule has 3 rings (SSSR count). The zero-order valence-electron chi connectivity index (χ0n) is 11.3. The molecular formula is C16H15BrN2O. The van der Waals surface area contributed by atoms with Gasteiger partial charge in [0.2, 0.25) is 0 Å². The molecule has 102 valence electrons. The second-order valence-corrected chi connectivity index (χ2v) is 6.09. The first-order chi connectivity index (χ1) is 9.69. The van der Waals surface area contributed by atoms with E-state index in [0.717, 1.165) is 52.6 Å². The molecule has 0 saturated carbocycles. The summed E-state index contributed by atoms with van der Waals surface area (Å²) in [5.41, 5.74) is 3.64. The van der Waals surface area contributed by atoms with Crippen LogP contribution in [0.3, 0.4) is 0 Å². The largest absolute Gasteiger partial charge is 0.381 e. The molecule has 1 fully saturated rings. The van der Waals surface area contributed by atoms with Crippen LogP contribution in [0.4, 0.5) is 0 Å². The summed E-state index contributed by atoms with van der Waals surface area (Å²) in [5.74, 6) is 0.378. The van der Waals surface area contributed by atoms with Gasteiger partial charge in [-0.2, -0.15) is 5.26 Å². The minimum absolute atomic E-state index is 0.378. The predicted octanol–water partition coefficient (Wildman–Crippen LogP) is 4.07. The molecule has 1 aromatic carbocycles. The van der Waals surface area contributed by atoms with E-state index >= 15 is 0 Å². The number of nitriles is 1. The Hall–Kier alpha value is -1.44. The van der Waals surface area contributed by atoms with Crippen molar-refractivity contribution in [1.29, 1.82) is 5.26 Å². The number of hydrogen-bond acceptors (Lipinski definition) is 3. The maximum atomic E-state index is 9.39. The van der Waals surface area contributed by atoms with E-state index in [4.69, 9.17) is 4.74 Å². The van der Waals surface area contributed by atoms with E-state index in [1.165, 1.54) is 0 Å². The van der Waals surface area contributed by atoms with Crippen LogP contribution in [0.5, 0.6) is 0 Å². The Bertz CT molecular complexity index is 700. The normalized spacial score (nSPS) is 16.2. The molecule has 0 N–H and O–H groups in total. The van der Waals surface area contributed by atoms with E-state index < -0.39 is 0 Å². The molecule has 0 atom stereocenters. The van der Waals surface area contributed by atoms with E-state index in [1.807, 2.05) is 13.0 Å². The van der Waals surface area contributed by atoms with E-state index in [0.29, 0.717) is 11.6 Å². The first-order valence-electron chi connectivity index (χ1n) is 6.77. The molecule has 0 unspecified atom stereocenters. The number of benzene rings is 1. The highest BCUT2D eigenvalue weighted by molar-refractivity contribution is 9.10. The zero-order valence-corrected chi connectivity index (χ0v) is 12.9. The molecule has 1 aliphatic rings. The van der Waals surface area contributed by atoms with Crippen molar-refractivity contribution in [2.24, 2.45) is 0 Å². The van der Waals surface area contributed by atoms with Crippen molar-refractivity contribution >= 4 is 26.8 Å². The van der Waals surface area contributed by atoms with Crippen LogP contribution in [0.1, 0.15) is 35.6 Å². The van der Waals surface area contributed by atoms with Crippen LogP contribution in [0.25, 0.3) is 10.9 Å². The Morgan fingerprint density at radius 1 is 1.30 bits per heavy atom. The number of nitrogens with zero attached hydrogens (tertiary/aromatic N) is 2. The fourth-order valence-electron chi connectivity index (χ4n) is 2.79. The quantitative estimate of drug-likeness (QED) is 0.791. The van der Waals surface area contributed by atoms with Crippen molar-refractivity contribution in [3.05, 3.63) is 39.5 Å². The molecule has 0 bridgehead atoms. The van der Waals surface area contributed by atoms with Crippen molar-refractivity contribution in [3.8, 4) is 6.07 Å².